The third-order valence-corrected chi connectivity index (χ3v) is 3.75. The Labute approximate surface area is 156 Å². The molecule has 0 radical (unpaired) electrons. The van der Waals surface area contributed by atoms with Gasteiger partial charge in [-0.1, -0.05) is 23.7 Å². The summed E-state index contributed by atoms with van der Waals surface area (Å²) in [4.78, 5) is 22.5. The summed E-state index contributed by atoms with van der Waals surface area (Å²) in [5.41, 5.74) is 1.47. The lowest BCUT2D eigenvalue weighted by atomic mass is 10.1. The topological polar surface area (TPSA) is 90.7 Å². The predicted molar refractivity (Wildman–Crippen MR) is 98.7 cm³/mol. The monoisotopic (exact) mass is 378 g/mol. The van der Waals surface area contributed by atoms with Gasteiger partial charge in [-0.3, -0.25) is 14.9 Å². The number of rotatable bonds is 9. The van der Waals surface area contributed by atoms with Crippen LogP contribution < -0.4 is 5.32 Å². The molecule has 138 valence electrons. The van der Waals surface area contributed by atoms with Crippen LogP contribution in [0.5, 0.6) is 0 Å². The van der Waals surface area contributed by atoms with Gasteiger partial charge in [0.1, 0.15) is 0 Å². The molecule has 0 spiro atoms. The number of hydrogen-bond donors (Lipinski definition) is 1. The molecule has 2 aromatic rings. The van der Waals surface area contributed by atoms with E-state index in [9.17, 15) is 14.9 Å². The summed E-state index contributed by atoms with van der Waals surface area (Å²) in [7, 11) is 0. The van der Waals surface area contributed by atoms with Crippen molar-refractivity contribution in [2.45, 2.75) is 13.5 Å². The highest BCUT2D eigenvalue weighted by Crippen LogP contribution is 2.23. The minimum absolute atomic E-state index is 0.0205. The van der Waals surface area contributed by atoms with Crippen LogP contribution in [0.3, 0.4) is 0 Å². The lowest BCUT2D eigenvalue weighted by Gasteiger charge is -2.09. The summed E-state index contributed by atoms with van der Waals surface area (Å²) in [6, 6.07) is 10.9. The first-order valence-corrected chi connectivity index (χ1v) is 8.38. The predicted octanol–water partition coefficient (Wildman–Crippen LogP) is 4.05. The minimum Gasteiger partial charge on any atom is -0.379 e. The number of carbonyl (C=O) groups excluding carboxylic acids is 1. The molecule has 1 N–H and O–H groups in total. The number of non-ortho nitro benzene ring substituents is 1. The number of benzene rings is 2. The first kappa shape index (κ1) is 19.8. The van der Waals surface area contributed by atoms with Crippen LogP contribution in [-0.2, 0) is 16.1 Å². The van der Waals surface area contributed by atoms with Crippen molar-refractivity contribution in [1.29, 1.82) is 0 Å². The van der Waals surface area contributed by atoms with Gasteiger partial charge in [0.15, 0.2) is 0 Å². The molecule has 26 heavy (non-hydrogen) atoms. The number of halogens is 1. The van der Waals surface area contributed by atoms with E-state index < -0.39 is 10.8 Å². The second kappa shape index (κ2) is 9.86. The molecule has 8 heteroatoms. The maximum absolute atomic E-state index is 12.3. The molecule has 0 bridgehead atoms. The maximum Gasteiger partial charge on any atom is 0.270 e. The van der Waals surface area contributed by atoms with Crippen LogP contribution in [0.4, 0.5) is 11.4 Å². The Hall–Kier alpha value is -2.48. The molecule has 0 aliphatic carbocycles. The van der Waals surface area contributed by atoms with Gasteiger partial charge in [0.2, 0.25) is 0 Å². The second-order valence-electron chi connectivity index (χ2n) is 5.33. The fraction of sp³-hybridized carbons (Fsp3) is 0.278. The average Bonchev–Trinajstić information content (AvgIpc) is 2.61. The molecule has 2 aromatic carbocycles. The van der Waals surface area contributed by atoms with Crippen LogP contribution in [0.25, 0.3) is 0 Å². The quantitative estimate of drug-likeness (QED) is 0.403. The van der Waals surface area contributed by atoms with Crippen molar-refractivity contribution in [2.75, 3.05) is 25.1 Å². The molecule has 1 amide bonds. The van der Waals surface area contributed by atoms with E-state index in [0.29, 0.717) is 32.1 Å². The minimum atomic E-state index is -0.567. The van der Waals surface area contributed by atoms with E-state index in [2.05, 4.69) is 5.32 Å². The third kappa shape index (κ3) is 5.80. The van der Waals surface area contributed by atoms with Crippen molar-refractivity contribution in [3.63, 3.8) is 0 Å². The summed E-state index contributed by atoms with van der Waals surface area (Å²) in [5, 5.41) is 13.5. The molecular weight excluding hydrogens is 360 g/mol. The zero-order valence-corrected chi connectivity index (χ0v) is 15.0. The zero-order chi connectivity index (χ0) is 18.9. The van der Waals surface area contributed by atoms with Gasteiger partial charge in [0.05, 0.1) is 35.3 Å². The van der Waals surface area contributed by atoms with Crippen molar-refractivity contribution in [3.05, 3.63) is 68.7 Å². The summed E-state index contributed by atoms with van der Waals surface area (Å²) < 4.78 is 10.7. The van der Waals surface area contributed by atoms with E-state index in [-0.39, 0.29) is 16.3 Å². The number of carbonyl (C=O) groups is 1. The van der Waals surface area contributed by atoms with Gasteiger partial charge in [-0.25, -0.2) is 0 Å². The van der Waals surface area contributed by atoms with Crippen LogP contribution in [-0.4, -0.2) is 30.7 Å². The Kier molecular flexibility index (Phi) is 7.53. The lowest BCUT2D eigenvalue weighted by Crippen LogP contribution is -2.13. The summed E-state index contributed by atoms with van der Waals surface area (Å²) in [6.07, 6.45) is 0. The van der Waals surface area contributed by atoms with E-state index in [1.54, 1.807) is 18.2 Å². The number of hydrogen-bond acceptors (Lipinski definition) is 5. The van der Waals surface area contributed by atoms with Crippen molar-refractivity contribution in [3.8, 4) is 0 Å². The van der Waals surface area contributed by atoms with Crippen LogP contribution in [0.2, 0.25) is 5.02 Å². The van der Waals surface area contributed by atoms with Crippen LogP contribution in [0.15, 0.2) is 42.5 Å². The molecule has 0 aliphatic heterocycles. The van der Waals surface area contributed by atoms with Crippen molar-refractivity contribution < 1.29 is 19.2 Å². The largest absolute Gasteiger partial charge is 0.379 e. The van der Waals surface area contributed by atoms with Crippen LogP contribution in [0, 0.1) is 10.1 Å². The fourth-order valence-electron chi connectivity index (χ4n) is 2.19. The molecule has 0 fully saturated rings. The molecule has 0 saturated heterocycles. The Morgan fingerprint density at radius 3 is 2.65 bits per heavy atom. The van der Waals surface area contributed by atoms with Gasteiger partial charge in [-0.2, -0.15) is 0 Å². The van der Waals surface area contributed by atoms with E-state index >= 15 is 0 Å². The summed E-state index contributed by atoms with van der Waals surface area (Å²) in [5.74, 6) is -0.445. The first-order valence-electron chi connectivity index (χ1n) is 8.01. The smallest absolute Gasteiger partial charge is 0.270 e. The highest BCUT2D eigenvalue weighted by Gasteiger charge is 2.15. The number of nitro benzene ring substituents is 1. The highest BCUT2D eigenvalue weighted by atomic mass is 35.5. The normalized spacial score (nSPS) is 10.5. The molecule has 0 saturated carbocycles. The average molecular weight is 379 g/mol. The Morgan fingerprint density at radius 2 is 1.96 bits per heavy atom. The molecular formula is C18H19ClN2O5. The molecule has 0 aliphatic rings. The standard InChI is InChI=1S/C18H19ClN2O5/c1-2-25-8-9-26-12-13-4-3-5-14(10-13)20-18(22)16-7-6-15(21(23)24)11-17(16)19/h3-7,10-11H,2,8-9,12H2,1H3,(H,20,22). The summed E-state index contributed by atoms with van der Waals surface area (Å²) >= 11 is 5.98. The summed E-state index contributed by atoms with van der Waals surface area (Å²) in [6.45, 7) is 3.99. The lowest BCUT2D eigenvalue weighted by molar-refractivity contribution is -0.384. The van der Waals surface area contributed by atoms with Gasteiger partial charge < -0.3 is 14.8 Å². The SMILES string of the molecule is CCOCCOCc1cccc(NC(=O)c2ccc([N+](=O)[O-])cc2Cl)c1. The zero-order valence-electron chi connectivity index (χ0n) is 14.2. The Morgan fingerprint density at radius 1 is 1.19 bits per heavy atom. The van der Waals surface area contributed by atoms with Gasteiger partial charge in [-0.05, 0) is 30.7 Å². The molecule has 0 aromatic heterocycles. The number of nitro groups is 1. The van der Waals surface area contributed by atoms with Crippen LogP contribution in [0.1, 0.15) is 22.8 Å². The van der Waals surface area contributed by atoms with E-state index in [1.165, 1.54) is 12.1 Å². The third-order valence-electron chi connectivity index (χ3n) is 3.44. The van der Waals surface area contributed by atoms with E-state index in [4.69, 9.17) is 21.1 Å². The highest BCUT2D eigenvalue weighted by molar-refractivity contribution is 6.34. The van der Waals surface area contributed by atoms with Gasteiger partial charge in [0, 0.05) is 24.4 Å². The Balaban J connectivity index is 1.98. The first-order chi connectivity index (χ1) is 12.5. The van der Waals surface area contributed by atoms with Gasteiger partial charge >= 0.3 is 0 Å². The molecule has 0 atom stereocenters. The number of anilines is 1. The van der Waals surface area contributed by atoms with Gasteiger partial charge in [-0.15, -0.1) is 0 Å². The van der Waals surface area contributed by atoms with E-state index in [1.807, 2.05) is 13.0 Å². The molecule has 0 heterocycles. The second-order valence-corrected chi connectivity index (χ2v) is 5.73. The fourth-order valence-corrected chi connectivity index (χ4v) is 2.45. The van der Waals surface area contributed by atoms with Crippen LogP contribution >= 0.6 is 11.6 Å². The number of nitrogens with one attached hydrogen (secondary N) is 1. The number of amides is 1. The van der Waals surface area contributed by atoms with Crippen molar-refractivity contribution in [2.24, 2.45) is 0 Å². The maximum atomic E-state index is 12.3. The molecule has 7 nitrogen and oxygen atoms in total. The van der Waals surface area contributed by atoms with Crippen molar-refractivity contribution in [1.82, 2.24) is 0 Å². The molecule has 0 unspecified atom stereocenters. The van der Waals surface area contributed by atoms with Crippen molar-refractivity contribution >= 4 is 28.9 Å². The van der Waals surface area contributed by atoms with E-state index in [0.717, 1.165) is 11.6 Å². The van der Waals surface area contributed by atoms with Gasteiger partial charge in [0.25, 0.3) is 11.6 Å². The molecule has 2 rings (SSSR count). The Bertz CT molecular complexity index is 782. The number of ether oxygens (including phenoxy) is 2. The number of nitrogens with zero attached hydrogens (tertiary/aromatic N) is 1.